The molecule has 1 aromatic heterocycles. The van der Waals surface area contributed by atoms with Crippen molar-refractivity contribution in [2.45, 2.75) is 6.42 Å². The van der Waals surface area contributed by atoms with Crippen molar-refractivity contribution in [3.8, 4) is 11.1 Å². The summed E-state index contributed by atoms with van der Waals surface area (Å²) in [7, 11) is 0. The van der Waals surface area contributed by atoms with E-state index < -0.39 is 240 Å². The normalized spacial score (nSPS) is 19.9. The van der Waals surface area contributed by atoms with Gasteiger partial charge in [0.25, 0.3) is 0 Å². The lowest BCUT2D eigenvalue weighted by Crippen LogP contribution is -1.96. The molecule has 0 atom stereocenters. The van der Waals surface area contributed by atoms with Crippen molar-refractivity contribution < 1.29 is 40.1 Å². The first-order valence-corrected chi connectivity index (χ1v) is 13.9. The maximum Gasteiger partial charge on any atom is 0.143 e. The molecule has 0 saturated carbocycles. The molecular formula is C45H28O. The van der Waals surface area contributed by atoms with Gasteiger partial charge in [-0.1, -0.05) is 139 Å². The fraction of sp³-hybridized carbons (Fsp3) is 0.0222. The molecule has 46 heavy (non-hydrogen) atoms. The fourth-order valence-corrected chi connectivity index (χ4v) is 6.12. The molecule has 1 heteroatoms. The van der Waals surface area contributed by atoms with Crippen LogP contribution in [0, 0.1) is 0 Å². The van der Waals surface area contributed by atoms with Crippen molar-refractivity contribution in [3.63, 3.8) is 0 Å². The molecule has 10 rings (SSSR count). The van der Waals surface area contributed by atoms with Gasteiger partial charge in [-0.05, 0) is 95.3 Å². The Balaban J connectivity index is 1.51. The van der Waals surface area contributed by atoms with Crippen LogP contribution in [0.4, 0.5) is 0 Å². The summed E-state index contributed by atoms with van der Waals surface area (Å²) in [6.07, 6.45) is -0.857. The van der Waals surface area contributed by atoms with E-state index >= 15 is 0 Å². The minimum atomic E-state index is -0.935. The highest BCUT2D eigenvalue weighted by Crippen LogP contribution is 2.45. The van der Waals surface area contributed by atoms with Crippen molar-refractivity contribution in [1.29, 1.82) is 0 Å². The van der Waals surface area contributed by atoms with Gasteiger partial charge in [0.05, 0.1) is 35.6 Å². The maximum atomic E-state index is 9.81. The Hall–Kier alpha value is -5.92. The molecule has 0 amide bonds. The zero-order chi connectivity index (χ0) is 52.8. The number of rotatable bonds is 3. The SMILES string of the molecule is [2H]c1c([2H])c(Cc2c3c([2H])c([2H])c([2H])c([2H])c3c(-c3c([2H])c4c([2H])c([2H])c([2H])c([2H])c4c4c([2H])c([2H])c([2H])c([2H])c34)c3c([2H])c([2H])c([2H])c([2H])c23)c2c(oc3c4c([2H])c([2H])c([2H])c([2H])c4c([2H])c([2H])c32)c1[2H]. The molecule has 1 nitrogen and oxygen atoms in total. The van der Waals surface area contributed by atoms with E-state index in [0.717, 1.165) is 0 Å². The van der Waals surface area contributed by atoms with Gasteiger partial charge in [0.1, 0.15) is 11.2 Å². The molecular weight excluding hydrogens is 556 g/mol. The zero-order valence-corrected chi connectivity index (χ0v) is 23.1. The van der Waals surface area contributed by atoms with E-state index in [1.165, 1.54) is 0 Å². The first-order valence-electron chi connectivity index (χ1n) is 26.9. The van der Waals surface area contributed by atoms with Crippen molar-refractivity contribution in [1.82, 2.24) is 0 Å². The van der Waals surface area contributed by atoms with Crippen LogP contribution in [0.2, 0.25) is 0 Å². The molecule has 0 N–H and O–H groups in total. The van der Waals surface area contributed by atoms with Crippen LogP contribution in [-0.4, -0.2) is 0 Å². The Kier molecular flexibility index (Phi) is 2.31. The van der Waals surface area contributed by atoms with Crippen molar-refractivity contribution in [2.75, 3.05) is 0 Å². The molecule has 0 aliphatic rings. The second kappa shape index (κ2) is 9.79. The number of benzene rings is 9. The van der Waals surface area contributed by atoms with Gasteiger partial charge in [-0.25, -0.2) is 0 Å². The molecule has 0 aliphatic heterocycles. The molecule has 10 aromatic rings. The third-order valence-electron chi connectivity index (χ3n) is 8.03. The van der Waals surface area contributed by atoms with Gasteiger partial charge in [0.15, 0.2) is 0 Å². The van der Waals surface area contributed by atoms with Crippen LogP contribution in [0.15, 0.2) is 162 Å². The Morgan fingerprint density at radius 3 is 1.76 bits per heavy atom. The quantitative estimate of drug-likeness (QED) is 0.143. The monoisotopic (exact) mass is 610 g/mol. The Labute approximate surface area is 302 Å². The van der Waals surface area contributed by atoms with E-state index in [9.17, 15) is 11.0 Å². The molecule has 0 radical (unpaired) electrons. The predicted octanol–water partition coefficient (Wildman–Crippen LogP) is 12.6. The molecule has 0 fully saturated rings. The average molecular weight is 611 g/mol. The number of fused-ring (bicyclic) bond motifs is 10. The second-order valence-electron chi connectivity index (χ2n) is 10.4. The largest absolute Gasteiger partial charge is 0.455 e. The van der Waals surface area contributed by atoms with E-state index in [-0.39, 0.29) is 21.7 Å². The summed E-state index contributed by atoms with van der Waals surface area (Å²) in [5, 5.41) is -6.09. The van der Waals surface area contributed by atoms with Gasteiger partial charge < -0.3 is 4.42 Å². The van der Waals surface area contributed by atoms with Crippen LogP contribution in [0.5, 0.6) is 0 Å². The topological polar surface area (TPSA) is 13.1 Å². The average Bonchev–Trinajstić information content (AvgIpc) is 3.75. The standard InChI is InChI=1S/C45H28O/c1-4-16-32-28(12-1)24-25-39-43-30(14-11-23-42(43)46-45(32)39)27-40-35-19-7-9-21-37(35)44(38-22-10-8-20-36(38)40)41-26-29-13-2-3-15-31(29)33-17-5-6-18-34(33)41/h1-26H,27H2/i1D,2D,3D,4D,5D,6D,7D,8D,9D,10D,11D,12D,13D,14D,15D,16D,17D,18D,19D,20D,21D,22D,23D,24D,25D,26D. The lowest BCUT2D eigenvalue weighted by atomic mass is 9.84. The molecule has 0 unspecified atom stereocenters. The highest BCUT2D eigenvalue weighted by atomic mass is 16.3. The third kappa shape index (κ3) is 3.63. The molecule has 0 bridgehead atoms. The van der Waals surface area contributed by atoms with Crippen molar-refractivity contribution >= 4 is 75.8 Å². The van der Waals surface area contributed by atoms with E-state index in [1.807, 2.05) is 0 Å². The van der Waals surface area contributed by atoms with E-state index in [4.69, 9.17) is 29.1 Å². The second-order valence-corrected chi connectivity index (χ2v) is 10.4. The first kappa shape index (κ1) is 10.9. The highest BCUT2D eigenvalue weighted by molar-refractivity contribution is 6.23. The Bertz CT molecular complexity index is 4230. The van der Waals surface area contributed by atoms with Gasteiger partial charge >= 0.3 is 0 Å². The van der Waals surface area contributed by atoms with Crippen LogP contribution in [0.1, 0.15) is 46.8 Å². The first-order chi connectivity index (χ1) is 33.6. The number of furan rings is 1. The van der Waals surface area contributed by atoms with Gasteiger partial charge in [-0.2, -0.15) is 0 Å². The summed E-state index contributed by atoms with van der Waals surface area (Å²) in [6, 6.07) is -21.6. The van der Waals surface area contributed by atoms with Gasteiger partial charge in [-0.15, -0.1) is 0 Å². The summed E-state index contributed by atoms with van der Waals surface area (Å²) in [5.74, 6) is 0. The summed E-state index contributed by atoms with van der Waals surface area (Å²) in [5.41, 5.74) is -3.00. The number of hydrogen-bond acceptors (Lipinski definition) is 1. The lowest BCUT2D eigenvalue weighted by Gasteiger charge is -2.19. The van der Waals surface area contributed by atoms with Crippen LogP contribution < -0.4 is 0 Å². The highest BCUT2D eigenvalue weighted by Gasteiger charge is 2.20. The summed E-state index contributed by atoms with van der Waals surface area (Å²) in [6.45, 7) is 0. The molecule has 0 aliphatic carbocycles. The molecule has 9 aromatic carbocycles. The van der Waals surface area contributed by atoms with Crippen LogP contribution in [0.3, 0.4) is 0 Å². The van der Waals surface area contributed by atoms with Crippen molar-refractivity contribution in [3.05, 3.63) is 168 Å². The number of hydrogen-bond donors (Lipinski definition) is 0. The van der Waals surface area contributed by atoms with Crippen LogP contribution in [0.25, 0.3) is 86.9 Å². The lowest BCUT2D eigenvalue weighted by molar-refractivity contribution is 0.672. The predicted molar refractivity (Wildman–Crippen MR) is 196 cm³/mol. The van der Waals surface area contributed by atoms with Gasteiger partial charge in [0, 0.05) is 16.2 Å². The Morgan fingerprint density at radius 2 is 1.02 bits per heavy atom. The molecule has 214 valence electrons. The van der Waals surface area contributed by atoms with E-state index in [0.29, 0.717) is 0 Å². The molecule has 0 spiro atoms. The minimum Gasteiger partial charge on any atom is -0.455 e. The smallest absolute Gasteiger partial charge is 0.143 e. The van der Waals surface area contributed by atoms with Crippen LogP contribution in [-0.2, 0) is 6.42 Å². The molecule has 1 heterocycles. The maximum absolute atomic E-state index is 9.81. The minimum absolute atomic E-state index is 0.324. The van der Waals surface area contributed by atoms with Crippen molar-refractivity contribution in [2.24, 2.45) is 0 Å². The molecule has 0 saturated heterocycles. The summed E-state index contributed by atoms with van der Waals surface area (Å²) >= 11 is 0. The van der Waals surface area contributed by atoms with E-state index in [1.54, 1.807) is 0 Å². The summed E-state index contributed by atoms with van der Waals surface area (Å²) < 4.78 is 240. The van der Waals surface area contributed by atoms with E-state index in [2.05, 4.69) is 0 Å². The third-order valence-corrected chi connectivity index (χ3v) is 8.03. The Morgan fingerprint density at radius 1 is 0.435 bits per heavy atom. The van der Waals surface area contributed by atoms with Crippen LogP contribution >= 0.6 is 0 Å². The van der Waals surface area contributed by atoms with Gasteiger partial charge in [0.2, 0.25) is 0 Å². The zero-order valence-electron chi connectivity index (χ0n) is 49.1. The van der Waals surface area contributed by atoms with Gasteiger partial charge in [-0.3, -0.25) is 0 Å². The fourth-order valence-electron chi connectivity index (χ4n) is 6.12. The summed E-state index contributed by atoms with van der Waals surface area (Å²) in [4.78, 5) is 0.